The number of thiophene rings is 1. The van der Waals surface area contributed by atoms with Crippen LogP contribution in [0, 0.1) is 0 Å². The van der Waals surface area contributed by atoms with Crippen molar-refractivity contribution in [3.8, 4) is 0 Å². The van der Waals surface area contributed by atoms with Crippen LogP contribution in [0.3, 0.4) is 0 Å². The number of nitrogens with one attached hydrogen (secondary N) is 2. The molecule has 128 valence electrons. The molecule has 3 nitrogen and oxygen atoms in total. The number of hydrogen-bond donors (Lipinski definition) is 2. The third-order valence-corrected chi connectivity index (χ3v) is 6.44. The van der Waals surface area contributed by atoms with Crippen molar-refractivity contribution in [2.75, 3.05) is 20.1 Å². The summed E-state index contributed by atoms with van der Waals surface area (Å²) in [5, 5.41) is 7.64. The van der Waals surface area contributed by atoms with Gasteiger partial charge in [-0.05, 0) is 39.4 Å². The maximum absolute atomic E-state index is 12.9. The Hall–Kier alpha value is -0.700. The Balaban J connectivity index is 1.85. The van der Waals surface area contributed by atoms with Crippen LogP contribution < -0.4 is 10.6 Å². The van der Waals surface area contributed by atoms with E-state index in [2.05, 4.69) is 22.5 Å². The number of nitrogens with zero attached hydrogens (tertiary/aromatic N) is 1. The quantitative estimate of drug-likeness (QED) is 0.852. The van der Waals surface area contributed by atoms with Gasteiger partial charge in [0, 0.05) is 22.9 Å². The molecule has 8 heteroatoms. The van der Waals surface area contributed by atoms with E-state index in [1.54, 1.807) is 11.8 Å². The molecule has 0 aliphatic carbocycles. The normalized spacial score (nSPS) is 26.1. The van der Waals surface area contributed by atoms with Gasteiger partial charge in [-0.3, -0.25) is 10.2 Å². The fourth-order valence-corrected chi connectivity index (χ4v) is 5.05. The number of thioether (sulfide) groups is 1. The first-order valence-electron chi connectivity index (χ1n) is 7.62. The van der Waals surface area contributed by atoms with Crippen molar-refractivity contribution in [2.24, 2.45) is 0 Å². The van der Waals surface area contributed by atoms with Gasteiger partial charge in [0.15, 0.2) is 0 Å². The molecule has 0 aromatic carbocycles. The summed E-state index contributed by atoms with van der Waals surface area (Å²) >= 11 is 2.81. The van der Waals surface area contributed by atoms with E-state index in [1.807, 2.05) is 7.05 Å². The Morgan fingerprint density at radius 2 is 2.22 bits per heavy atom. The third kappa shape index (κ3) is 3.70. The molecular formula is C15H20F3N3S2. The van der Waals surface area contributed by atoms with Crippen molar-refractivity contribution < 1.29 is 13.2 Å². The van der Waals surface area contributed by atoms with E-state index >= 15 is 0 Å². The first kappa shape index (κ1) is 17.1. The van der Waals surface area contributed by atoms with Crippen LogP contribution in [0.25, 0.3) is 5.70 Å². The Morgan fingerprint density at radius 3 is 2.78 bits per heavy atom. The molecule has 0 radical (unpaired) electrons. The van der Waals surface area contributed by atoms with Gasteiger partial charge in [-0.25, -0.2) is 0 Å². The minimum atomic E-state index is -4.28. The monoisotopic (exact) mass is 363 g/mol. The molecule has 3 heterocycles. The summed E-state index contributed by atoms with van der Waals surface area (Å²) in [6.07, 6.45) is -1.91. The van der Waals surface area contributed by atoms with Crippen molar-refractivity contribution in [3.05, 3.63) is 26.8 Å². The van der Waals surface area contributed by atoms with Gasteiger partial charge in [-0.2, -0.15) is 13.2 Å². The second kappa shape index (κ2) is 6.66. The molecule has 2 atom stereocenters. The molecule has 2 N–H and O–H groups in total. The Labute approximate surface area is 142 Å². The van der Waals surface area contributed by atoms with E-state index in [0.717, 1.165) is 35.0 Å². The fourth-order valence-electron chi connectivity index (χ4n) is 2.93. The van der Waals surface area contributed by atoms with Gasteiger partial charge in [0.1, 0.15) is 5.50 Å². The van der Waals surface area contributed by atoms with Gasteiger partial charge in [-0.1, -0.05) is 11.8 Å². The molecule has 0 spiro atoms. The molecule has 0 amide bonds. The third-order valence-electron chi connectivity index (χ3n) is 4.29. The summed E-state index contributed by atoms with van der Waals surface area (Å²) in [5.74, 6) is 0. The van der Waals surface area contributed by atoms with E-state index in [0.29, 0.717) is 10.9 Å². The summed E-state index contributed by atoms with van der Waals surface area (Å²) in [6.45, 7) is 4.06. The molecule has 1 aromatic heterocycles. The zero-order chi connectivity index (χ0) is 16.6. The van der Waals surface area contributed by atoms with Crippen LogP contribution in [0.2, 0.25) is 0 Å². The van der Waals surface area contributed by atoms with Gasteiger partial charge in [-0.15, -0.1) is 11.3 Å². The average Bonchev–Trinajstić information content (AvgIpc) is 3.19. The van der Waals surface area contributed by atoms with Crippen molar-refractivity contribution >= 4 is 28.8 Å². The Morgan fingerprint density at radius 1 is 1.43 bits per heavy atom. The molecule has 0 bridgehead atoms. The molecule has 1 saturated heterocycles. The summed E-state index contributed by atoms with van der Waals surface area (Å²) in [5.41, 5.74) is 0.280. The van der Waals surface area contributed by atoms with Crippen molar-refractivity contribution in [1.82, 2.24) is 15.5 Å². The lowest BCUT2D eigenvalue weighted by Gasteiger charge is -2.21. The van der Waals surface area contributed by atoms with Gasteiger partial charge in [0.2, 0.25) is 0 Å². The van der Waals surface area contributed by atoms with E-state index in [-0.39, 0.29) is 5.50 Å². The minimum Gasteiger partial charge on any atom is -0.359 e. The SMILES string of the molecule is CNC1NC(c2cc(C(F)(F)F)cs2)=C(CN2CCCC2C)S1. The van der Waals surface area contributed by atoms with E-state index in [9.17, 15) is 13.2 Å². The number of alkyl halides is 3. The average molecular weight is 363 g/mol. The van der Waals surface area contributed by atoms with Crippen LogP contribution in [0.1, 0.15) is 30.2 Å². The number of hydrogen-bond acceptors (Lipinski definition) is 5. The van der Waals surface area contributed by atoms with Crippen LogP contribution in [-0.4, -0.2) is 36.6 Å². The van der Waals surface area contributed by atoms with Gasteiger partial charge >= 0.3 is 6.18 Å². The smallest absolute Gasteiger partial charge is 0.359 e. The highest BCUT2D eigenvalue weighted by molar-refractivity contribution is 8.04. The molecule has 0 saturated carbocycles. The van der Waals surface area contributed by atoms with Crippen LogP contribution in [-0.2, 0) is 6.18 Å². The summed E-state index contributed by atoms with van der Waals surface area (Å²) in [7, 11) is 1.85. The summed E-state index contributed by atoms with van der Waals surface area (Å²) in [6, 6.07) is 1.78. The van der Waals surface area contributed by atoms with Gasteiger partial charge < -0.3 is 5.32 Å². The topological polar surface area (TPSA) is 27.3 Å². The highest BCUT2D eigenvalue weighted by Crippen LogP contribution is 2.40. The molecule has 3 rings (SSSR count). The Kier molecular flexibility index (Phi) is 4.96. The molecule has 23 heavy (non-hydrogen) atoms. The Bertz CT molecular complexity index is 597. The zero-order valence-corrected chi connectivity index (χ0v) is 14.7. The zero-order valence-electron chi connectivity index (χ0n) is 13.0. The van der Waals surface area contributed by atoms with Gasteiger partial charge in [0.05, 0.1) is 16.1 Å². The predicted octanol–water partition coefficient (Wildman–Crippen LogP) is 3.76. The molecule has 2 aliphatic rings. The van der Waals surface area contributed by atoms with Crippen LogP contribution in [0.4, 0.5) is 13.2 Å². The highest BCUT2D eigenvalue weighted by Gasteiger charge is 2.34. The largest absolute Gasteiger partial charge is 0.417 e. The van der Waals surface area contributed by atoms with Crippen LogP contribution in [0.15, 0.2) is 16.4 Å². The molecule has 2 aliphatic heterocycles. The van der Waals surface area contributed by atoms with Crippen molar-refractivity contribution in [3.63, 3.8) is 0 Å². The summed E-state index contributed by atoms with van der Waals surface area (Å²) < 4.78 is 38.6. The number of rotatable bonds is 4. The number of halogens is 3. The van der Waals surface area contributed by atoms with Crippen LogP contribution in [0.5, 0.6) is 0 Å². The first-order chi connectivity index (χ1) is 10.9. The lowest BCUT2D eigenvalue weighted by Crippen LogP contribution is -2.32. The second-order valence-electron chi connectivity index (χ2n) is 5.89. The lowest BCUT2D eigenvalue weighted by molar-refractivity contribution is -0.137. The molecule has 1 fully saturated rings. The predicted molar refractivity (Wildman–Crippen MR) is 90.1 cm³/mol. The molecule has 2 unspecified atom stereocenters. The minimum absolute atomic E-state index is 0.00865. The van der Waals surface area contributed by atoms with E-state index in [1.165, 1.54) is 24.3 Å². The van der Waals surface area contributed by atoms with E-state index < -0.39 is 11.7 Å². The van der Waals surface area contributed by atoms with Crippen LogP contribution >= 0.6 is 23.1 Å². The first-order valence-corrected chi connectivity index (χ1v) is 9.38. The van der Waals surface area contributed by atoms with Crippen molar-refractivity contribution in [1.29, 1.82) is 0 Å². The molecular weight excluding hydrogens is 343 g/mol. The fraction of sp³-hybridized carbons (Fsp3) is 0.600. The number of likely N-dealkylation sites (tertiary alicyclic amines) is 1. The maximum Gasteiger partial charge on any atom is 0.417 e. The lowest BCUT2D eigenvalue weighted by atomic mass is 10.2. The standard InChI is InChI=1S/C15H20F3N3S2/c1-9-4-3-5-21(9)7-12-13(20-14(19-2)23-12)11-6-10(8-22-11)15(16,17)18/h6,8-9,14,19-20H,3-5,7H2,1-2H3. The van der Waals surface area contributed by atoms with Gasteiger partial charge in [0.25, 0.3) is 0 Å². The summed E-state index contributed by atoms with van der Waals surface area (Å²) in [4.78, 5) is 4.18. The molecule has 1 aromatic rings. The second-order valence-corrected chi connectivity index (χ2v) is 8.00. The van der Waals surface area contributed by atoms with Crippen molar-refractivity contribution in [2.45, 2.75) is 37.5 Å². The van der Waals surface area contributed by atoms with E-state index in [4.69, 9.17) is 0 Å². The highest BCUT2D eigenvalue weighted by atomic mass is 32.2. The maximum atomic E-state index is 12.9.